The summed E-state index contributed by atoms with van der Waals surface area (Å²) in [6.45, 7) is 10.9. The fourth-order valence-corrected chi connectivity index (χ4v) is 3.78. The molecule has 10 heteroatoms. The van der Waals surface area contributed by atoms with Gasteiger partial charge in [0, 0.05) is 44.0 Å². The molecule has 2 aromatic rings. The summed E-state index contributed by atoms with van der Waals surface area (Å²) in [6.07, 6.45) is -1.42. The van der Waals surface area contributed by atoms with E-state index >= 15 is 0 Å². The molecule has 0 fully saturated rings. The first kappa shape index (κ1) is 31.8. The average molecular weight is 562 g/mol. The highest BCUT2D eigenvalue weighted by Gasteiger charge is 2.31. The second-order valence-corrected chi connectivity index (χ2v) is 11.7. The molecule has 9 nitrogen and oxygen atoms in total. The largest absolute Gasteiger partial charge is 0.444 e. The SMILES string of the molecule is CN(C)C(=O)Oc1ccccc1C(CCN(C(=O)OC(C)(C)C)c1cccc(Cl)c1)N(C)C(=O)OC(C)(C)C. The van der Waals surface area contributed by atoms with Crippen molar-refractivity contribution >= 4 is 35.6 Å². The number of halogens is 1. The number of rotatable bonds is 7. The van der Waals surface area contributed by atoms with E-state index in [1.54, 1.807) is 111 Å². The third-order valence-corrected chi connectivity index (χ3v) is 5.58. The molecule has 2 rings (SSSR count). The van der Waals surface area contributed by atoms with Gasteiger partial charge in [-0.25, -0.2) is 14.4 Å². The molecule has 39 heavy (non-hydrogen) atoms. The van der Waals surface area contributed by atoms with Crippen molar-refractivity contribution in [3.8, 4) is 5.75 Å². The lowest BCUT2D eigenvalue weighted by atomic mass is 10.0. The molecule has 1 unspecified atom stereocenters. The maximum atomic E-state index is 13.3. The molecule has 0 saturated heterocycles. The lowest BCUT2D eigenvalue weighted by Gasteiger charge is -2.34. The Bertz CT molecular complexity index is 1160. The second kappa shape index (κ2) is 13.1. The van der Waals surface area contributed by atoms with Crippen LogP contribution in [0, 0.1) is 0 Å². The molecule has 0 bridgehead atoms. The lowest BCUT2D eigenvalue weighted by Crippen LogP contribution is -2.41. The van der Waals surface area contributed by atoms with Crippen molar-refractivity contribution in [3.05, 3.63) is 59.1 Å². The van der Waals surface area contributed by atoms with E-state index < -0.39 is 35.5 Å². The quantitative estimate of drug-likeness (QED) is 0.357. The molecular weight excluding hydrogens is 522 g/mol. The summed E-state index contributed by atoms with van der Waals surface area (Å²) in [6, 6.07) is 13.2. The normalized spacial score (nSPS) is 12.3. The monoisotopic (exact) mass is 561 g/mol. The maximum Gasteiger partial charge on any atom is 0.414 e. The molecule has 214 valence electrons. The van der Waals surface area contributed by atoms with Crippen LogP contribution in [0.5, 0.6) is 5.75 Å². The van der Waals surface area contributed by atoms with Gasteiger partial charge in [-0.05, 0) is 72.2 Å². The van der Waals surface area contributed by atoms with Crippen LogP contribution in [-0.4, -0.2) is 67.0 Å². The molecule has 0 aliphatic carbocycles. The van der Waals surface area contributed by atoms with Gasteiger partial charge in [0.2, 0.25) is 0 Å². The molecule has 0 N–H and O–H groups in total. The van der Waals surface area contributed by atoms with Gasteiger partial charge in [0.1, 0.15) is 17.0 Å². The smallest absolute Gasteiger partial charge is 0.414 e. The summed E-state index contributed by atoms with van der Waals surface area (Å²) >= 11 is 6.23. The molecular formula is C29H40ClN3O6. The number of ether oxygens (including phenoxy) is 3. The number of hydrogen-bond acceptors (Lipinski definition) is 6. The summed E-state index contributed by atoms with van der Waals surface area (Å²) in [5.74, 6) is 0.295. The molecule has 2 aromatic carbocycles. The lowest BCUT2D eigenvalue weighted by molar-refractivity contribution is 0.0211. The van der Waals surface area contributed by atoms with Crippen LogP contribution in [0.4, 0.5) is 20.1 Å². The van der Waals surface area contributed by atoms with Crippen molar-refractivity contribution in [1.82, 2.24) is 9.80 Å². The predicted octanol–water partition coefficient (Wildman–Crippen LogP) is 7.14. The Morgan fingerprint density at radius 2 is 1.41 bits per heavy atom. The van der Waals surface area contributed by atoms with Crippen molar-refractivity contribution in [2.75, 3.05) is 32.6 Å². The molecule has 1 atom stereocenters. The third kappa shape index (κ3) is 9.98. The number of benzene rings is 2. The highest BCUT2D eigenvalue weighted by molar-refractivity contribution is 6.30. The minimum absolute atomic E-state index is 0.156. The van der Waals surface area contributed by atoms with Crippen molar-refractivity contribution < 1.29 is 28.6 Å². The van der Waals surface area contributed by atoms with Crippen LogP contribution in [0.25, 0.3) is 0 Å². The van der Waals surface area contributed by atoms with Crippen LogP contribution in [0.15, 0.2) is 48.5 Å². The van der Waals surface area contributed by atoms with E-state index in [4.69, 9.17) is 25.8 Å². The first-order chi connectivity index (χ1) is 18.0. The van der Waals surface area contributed by atoms with E-state index in [2.05, 4.69) is 0 Å². The molecule has 0 aliphatic heterocycles. The number of para-hydroxylation sites is 1. The molecule has 0 spiro atoms. The minimum Gasteiger partial charge on any atom is -0.444 e. The van der Waals surface area contributed by atoms with E-state index in [-0.39, 0.29) is 13.0 Å². The Labute approximate surface area is 236 Å². The standard InChI is InChI=1S/C29H40ClN3O6/c1-28(2,3)38-26(35)32(9)23(22-15-10-11-16-24(22)37-25(34)31(7)8)17-18-33(27(36)39-29(4,5)6)21-14-12-13-20(30)19-21/h10-16,19,23H,17-18H2,1-9H3. The second-order valence-electron chi connectivity index (χ2n) is 11.3. The first-order valence-corrected chi connectivity index (χ1v) is 13.1. The average Bonchev–Trinajstić information content (AvgIpc) is 2.79. The van der Waals surface area contributed by atoms with Crippen molar-refractivity contribution in [2.45, 2.75) is 65.2 Å². The van der Waals surface area contributed by atoms with E-state index in [1.165, 1.54) is 14.7 Å². The van der Waals surface area contributed by atoms with Gasteiger partial charge >= 0.3 is 18.3 Å². The van der Waals surface area contributed by atoms with Gasteiger partial charge in [-0.15, -0.1) is 0 Å². The van der Waals surface area contributed by atoms with Crippen LogP contribution in [0.2, 0.25) is 5.02 Å². The highest BCUT2D eigenvalue weighted by atomic mass is 35.5. The van der Waals surface area contributed by atoms with Gasteiger partial charge in [-0.2, -0.15) is 0 Å². The van der Waals surface area contributed by atoms with Crippen LogP contribution >= 0.6 is 11.6 Å². The fourth-order valence-electron chi connectivity index (χ4n) is 3.59. The number of amides is 3. The van der Waals surface area contributed by atoms with E-state index in [9.17, 15) is 14.4 Å². The number of carbonyl (C=O) groups is 3. The van der Waals surface area contributed by atoms with Crippen molar-refractivity contribution in [2.24, 2.45) is 0 Å². The van der Waals surface area contributed by atoms with Crippen LogP contribution in [0.3, 0.4) is 0 Å². The zero-order chi connectivity index (χ0) is 29.5. The van der Waals surface area contributed by atoms with Crippen LogP contribution < -0.4 is 9.64 Å². The zero-order valence-electron chi connectivity index (χ0n) is 24.3. The summed E-state index contributed by atoms with van der Waals surface area (Å²) in [5, 5.41) is 0.462. The summed E-state index contributed by atoms with van der Waals surface area (Å²) in [7, 11) is 4.78. The summed E-state index contributed by atoms with van der Waals surface area (Å²) in [4.78, 5) is 43.1. The van der Waals surface area contributed by atoms with Crippen LogP contribution in [-0.2, 0) is 9.47 Å². The number of nitrogens with zero attached hydrogens (tertiary/aromatic N) is 3. The molecule has 0 radical (unpaired) electrons. The van der Waals surface area contributed by atoms with Gasteiger partial charge in [0.05, 0.1) is 6.04 Å². The highest BCUT2D eigenvalue weighted by Crippen LogP contribution is 2.34. The molecule has 0 saturated carbocycles. The summed E-state index contributed by atoms with van der Waals surface area (Å²) < 4.78 is 16.9. The Balaban J connectivity index is 2.51. The van der Waals surface area contributed by atoms with E-state index in [0.29, 0.717) is 22.0 Å². The maximum absolute atomic E-state index is 13.3. The molecule has 0 aromatic heterocycles. The van der Waals surface area contributed by atoms with Gasteiger partial charge in [0.25, 0.3) is 0 Å². The van der Waals surface area contributed by atoms with Gasteiger partial charge in [-0.3, -0.25) is 4.90 Å². The van der Waals surface area contributed by atoms with E-state index in [0.717, 1.165) is 0 Å². The Morgan fingerprint density at radius 3 is 1.97 bits per heavy atom. The molecule has 3 amide bonds. The van der Waals surface area contributed by atoms with Gasteiger partial charge in [0.15, 0.2) is 0 Å². The number of anilines is 1. The van der Waals surface area contributed by atoms with Gasteiger partial charge < -0.3 is 24.0 Å². The minimum atomic E-state index is -0.729. The fraction of sp³-hybridized carbons (Fsp3) is 0.483. The Morgan fingerprint density at radius 1 is 0.821 bits per heavy atom. The number of carbonyl (C=O) groups excluding carboxylic acids is 3. The van der Waals surface area contributed by atoms with Crippen LogP contribution in [0.1, 0.15) is 59.6 Å². The van der Waals surface area contributed by atoms with Crippen molar-refractivity contribution in [3.63, 3.8) is 0 Å². The Hall–Kier alpha value is -3.46. The summed E-state index contributed by atoms with van der Waals surface area (Å²) in [5.41, 5.74) is -0.331. The van der Waals surface area contributed by atoms with Crippen molar-refractivity contribution in [1.29, 1.82) is 0 Å². The predicted molar refractivity (Wildman–Crippen MR) is 153 cm³/mol. The third-order valence-electron chi connectivity index (χ3n) is 5.35. The van der Waals surface area contributed by atoms with Gasteiger partial charge in [-0.1, -0.05) is 35.9 Å². The van der Waals surface area contributed by atoms with E-state index in [1.807, 2.05) is 0 Å². The molecule has 0 heterocycles. The number of hydrogen-bond donors (Lipinski definition) is 0. The Kier molecular flexibility index (Phi) is 10.6. The zero-order valence-corrected chi connectivity index (χ0v) is 25.0. The topological polar surface area (TPSA) is 88.6 Å². The first-order valence-electron chi connectivity index (χ1n) is 12.7. The molecule has 0 aliphatic rings.